The van der Waals surface area contributed by atoms with Crippen LogP contribution in [0.15, 0.2) is 47.1 Å². The number of furan rings is 1. The third-order valence-corrected chi connectivity index (χ3v) is 3.72. The van der Waals surface area contributed by atoms with Gasteiger partial charge in [0.15, 0.2) is 0 Å². The Morgan fingerprint density at radius 2 is 2.18 bits per heavy atom. The van der Waals surface area contributed by atoms with Crippen molar-refractivity contribution in [2.45, 2.75) is 19.5 Å². The molecule has 0 aliphatic heterocycles. The zero-order chi connectivity index (χ0) is 15.5. The van der Waals surface area contributed by atoms with Crippen molar-refractivity contribution in [3.63, 3.8) is 0 Å². The van der Waals surface area contributed by atoms with E-state index in [1.54, 1.807) is 6.33 Å². The minimum absolute atomic E-state index is 0.0900. The molecule has 0 spiro atoms. The van der Waals surface area contributed by atoms with Crippen LogP contribution in [0.5, 0.6) is 0 Å². The van der Waals surface area contributed by atoms with Gasteiger partial charge in [-0.2, -0.15) is 0 Å². The summed E-state index contributed by atoms with van der Waals surface area (Å²) in [5.41, 5.74) is 0.972. The molecule has 5 nitrogen and oxygen atoms in total. The molecule has 0 radical (unpaired) electrons. The highest BCUT2D eigenvalue weighted by molar-refractivity contribution is 6.30. The molecule has 114 valence electrons. The monoisotopic (exact) mass is 316 g/mol. The average Bonchev–Trinajstić information content (AvgIpc) is 3.14. The molecule has 1 N–H and O–H groups in total. The molecule has 0 saturated heterocycles. The van der Waals surface area contributed by atoms with Crippen molar-refractivity contribution in [1.82, 2.24) is 20.1 Å². The van der Waals surface area contributed by atoms with Crippen molar-refractivity contribution in [2.75, 3.05) is 0 Å². The van der Waals surface area contributed by atoms with E-state index >= 15 is 0 Å². The van der Waals surface area contributed by atoms with E-state index in [0.717, 1.165) is 22.9 Å². The minimum Gasteiger partial charge on any atom is -0.460 e. The molecule has 3 rings (SSSR count). The number of benzene rings is 1. The minimum atomic E-state index is 0.0900. The number of nitrogens with zero attached hydrogens (tertiary/aromatic N) is 3. The molecule has 6 heteroatoms. The number of rotatable bonds is 5. The molecule has 0 aliphatic carbocycles. The van der Waals surface area contributed by atoms with E-state index in [4.69, 9.17) is 16.0 Å². The molecule has 1 aromatic carbocycles. The van der Waals surface area contributed by atoms with Crippen LogP contribution >= 0.6 is 11.6 Å². The number of hydrogen-bond donors (Lipinski definition) is 1. The average molecular weight is 317 g/mol. The fourth-order valence-electron chi connectivity index (χ4n) is 2.30. The first kappa shape index (κ1) is 14.8. The van der Waals surface area contributed by atoms with Gasteiger partial charge in [-0.1, -0.05) is 23.7 Å². The van der Waals surface area contributed by atoms with Crippen LogP contribution < -0.4 is 5.32 Å². The Kier molecular flexibility index (Phi) is 4.27. The number of nitrogens with one attached hydrogen (secondary N) is 1. The second-order valence-electron chi connectivity index (χ2n) is 5.18. The lowest BCUT2D eigenvalue weighted by Gasteiger charge is -2.11. The molecule has 3 aromatic rings. The summed E-state index contributed by atoms with van der Waals surface area (Å²) in [6.07, 6.45) is 1.69. The zero-order valence-electron chi connectivity index (χ0n) is 12.5. The van der Waals surface area contributed by atoms with E-state index in [2.05, 4.69) is 15.5 Å². The number of halogens is 1. The molecule has 2 aromatic heterocycles. The normalized spacial score (nSPS) is 12.5. The van der Waals surface area contributed by atoms with Crippen LogP contribution in [0.3, 0.4) is 0 Å². The highest BCUT2D eigenvalue weighted by Crippen LogP contribution is 2.25. The van der Waals surface area contributed by atoms with Crippen molar-refractivity contribution < 1.29 is 4.42 Å². The van der Waals surface area contributed by atoms with Gasteiger partial charge in [0.05, 0.1) is 12.6 Å². The first-order chi connectivity index (χ1) is 10.6. The molecule has 2 heterocycles. The molecule has 0 amide bonds. The molecule has 0 aliphatic rings. The van der Waals surface area contributed by atoms with Gasteiger partial charge in [-0.15, -0.1) is 10.2 Å². The van der Waals surface area contributed by atoms with Crippen LogP contribution in [0.2, 0.25) is 5.02 Å². The van der Waals surface area contributed by atoms with Gasteiger partial charge in [0.2, 0.25) is 0 Å². The van der Waals surface area contributed by atoms with E-state index in [-0.39, 0.29) is 6.04 Å². The Morgan fingerprint density at radius 3 is 2.91 bits per heavy atom. The Balaban J connectivity index is 1.66. The van der Waals surface area contributed by atoms with Crippen molar-refractivity contribution in [2.24, 2.45) is 7.05 Å². The molecule has 1 atom stereocenters. The predicted octanol–water partition coefficient (Wildman–Crippen LogP) is 3.58. The lowest BCUT2D eigenvalue weighted by molar-refractivity contribution is 0.455. The second kappa shape index (κ2) is 6.34. The Hall–Kier alpha value is -2.11. The molecular formula is C16H17ClN4O. The first-order valence-electron chi connectivity index (χ1n) is 7.05. The number of hydrogen-bond acceptors (Lipinski definition) is 4. The molecule has 0 saturated carbocycles. The lowest BCUT2D eigenvalue weighted by Crippen LogP contribution is -2.20. The Labute approximate surface area is 133 Å². The van der Waals surface area contributed by atoms with E-state index in [0.29, 0.717) is 11.6 Å². The summed E-state index contributed by atoms with van der Waals surface area (Å²) in [4.78, 5) is 0. The third-order valence-electron chi connectivity index (χ3n) is 3.49. The summed E-state index contributed by atoms with van der Waals surface area (Å²) in [5, 5.41) is 12.1. The highest BCUT2D eigenvalue weighted by Gasteiger charge is 2.12. The third kappa shape index (κ3) is 3.21. The Morgan fingerprint density at radius 1 is 1.32 bits per heavy atom. The van der Waals surface area contributed by atoms with Gasteiger partial charge < -0.3 is 14.3 Å². The van der Waals surface area contributed by atoms with Crippen LogP contribution in [0.1, 0.15) is 24.6 Å². The summed E-state index contributed by atoms with van der Waals surface area (Å²) in [6.45, 7) is 2.67. The standard InChI is InChI=1S/C16H17ClN4O/c1-11(16-20-19-10-21(16)2)18-9-14-6-7-15(22-14)12-4-3-5-13(17)8-12/h3-8,10-11,18H,9H2,1-2H3. The van der Waals surface area contributed by atoms with Crippen molar-refractivity contribution in [3.05, 3.63) is 59.3 Å². The Bertz CT molecular complexity index is 765. The molecule has 0 bridgehead atoms. The first-order valence-corrected chi connectivity index (χ1v) is 7.43. The van der Waals surface area contributed by atoms with Gasteiger partial charge in [0.1, 0.15) is 23.7 Å². The summed E-state index contributed by atoms with van der Waals surface area (Å²) < 4.78 is 7.76. The van der Waals surface area contributed by atoms with Crippen molar-refractivity contribution >= 4 is 11.6 Å². The van der Waals surface area contributed by atoms with Gasteiger partial charge in [-0.05, 0) is 31.2 Å². The fourth-order valence-corrected chi connectivity index (χ4v) is 2.49. The predicted molar refractivity (Wildman–Crippen MR) is 85.4 cm³/mol. The van der Waals surface area contributed by atoms with Crippen LogP contribution in [0.25, 0.3) is 11.3 Å². The lowest BCUT2D eigenvalue weighted by atomic mass is 10.2. The molecule has 22 heavy (non-hydrogen) atoms. The fraction of sp³-hybridized carbons (Fsp3) is 0.250. The van der Waals surface area contributed by atoms with Gasteiger partial charge in [0, 0.05) is 17.6 Å². The topological polar surface area (TPSA) is 55.9 Å². The number of aryl methyl sites for hydroxylation is 1. The summed E-state index contributed by atoms with van der Waals surface area (Å²) in [5.74, 6) is 2.57. The van der Waals surface area contributed by atoms with Gasteiger partial charge in [-0.25, -0.2) is 0 Å². The van der Waals surface area contributed by atoms with Crippen LogP contribution in [-0.4, -0.2) is 14.8 Å². The highest BCUT2D eigenvalue weighted by atomic mass is 35.5. The largest absolute Gasteiger partial charge is 0.460 e. The maximum atomic E-state index is 6.01. The summed E-state index contributed by atoms with van der Waals surface area (Å²) in [6, 6.07) is 11.6. The maximum absolute atomic E-state index is 6.01. The van der Waals surface area contributed by atoms with Gasteiger partial charge >= 0.3 is 0 Å². The molecular weight excluding hydrogens is 300 g/mol. The smallest absolute Gasteiger partial charge is 0.149 e. The van der Waals surface area contributed by atoms with E-state index in [1.165, 1.54) is 0 Å². The van der Waals surface area contributed by atoms with E-state index < -0.39 is 0 Å². The van der Waals surface area contributed by atoms with E-state index in [1.807, 2.05) is 54.9 Å². The van der Waals surface area contributed by atoms with E-state index in [9.17, 15) is 0 Å². The van der Waals surface area contributed by atoms with Crippen molar-refractivity contribution in [1.29, 1.82) is 0 Å². The van der Waals surface area contributed by atoms with Crippen molar-refractivity contribution in [3.8, 4) is 11.3 Å². The molecule has 0 fully saturated rings. The van der Waals surface area contributed by atoms with Gasteiger partial charge in [-0.3, -0.25) is 0 Å². The summed E-state index contributed by atoms with van der Waals surface area (Å²) in [7, 11) is 1.93. The van der Waals surface area contributed by atoms with Gasteiger partial charge in [0.25, 0.3) is 0 Å². The van der Waals surface area contributed by atoms with Crippen LogP contribution in [-0.2, 0) is 13.6 Å². The SMILES string of the molecule is CC(NCc1ccc(-c2cccc(Cl)c2)o1)c1nncn1C. The number of aromatic nitrogens is 3. The zero-order valence-corrected chi connectivity index (χ0v) is 13.2. The quantitative estimate of drug-likeness (QED) is 0.781. The molecule has 1 unspecified atom stereocenters. The van der Waals surface area contributed by atoms with Crippen LogP contribution in [0.4, 0.5) is 0 Å². The second-order valence-corrected chi connectivity index (χ2v) is 5.62. The maximum Gasteiger partial charge on any atom is 0.149 e. The summed E-state index contributed by atoms with van der Waals surface area (Å²) >= 11 is 6.01. The van der Waals surface area contributed by atoms with Crippen LogP contribution in [0, 0.1) is 0 Å².